The van der Waals surface area contributed by atoms with Gasteiger partial charge >= 0.3 is 0 Å². The number of amides is 1. The van der Waals surface area contributed by atoms with Crippen LogP contribution in [0, 0.1) is 0 Å². The van der Waals surface area contributed by atoms with Crippen molar-refractivity contribution in [1.29, 1.82) is 0 Å². The Labute approximate surface area is 141 Å². The summed E-state index contributed by atoms with van der Waals surface area (Å²) in [4.78, 5) is 27.8. The van der Waals surface area contributed by atoms with E-state index in [9.17, 15) is 14.7 Å². The molecule has 3 rings (SSSR count). The van der Waals surface area contributed by atoms with Crippen LogP contribution in [0.4, 0.5) is 5.69 Å². The highest BCUT2D eigenvalue weighted by Crippen LogP contribution is 2.21. The number of benzene rings is 2. The second kappa shape index (κ2) is 6.74. The Kier molecular flexibility index (Phi) is 4.51. The molecule has 2 aromatic rings. The molecule has 0 atom stereocenters. The van der Waals surface area contributed by atoms with Gasteiger partial charge in [-0.15, -0.1) is 0 Å². The van der Waals surface area contributed by atoms with Crippen molar-refractivity contribution in [3.05, 3.63) is 59.7 Å². The summed E-state index contributed by atoms with van der Waals surface area (Å²) in [6, 6.07) is 14.2. The molecule has 1 fully saturated rings. The number of hydrogen-bond donors (Lipinski definition) is 1. The molecule has 0 spiro atoms. The van der Waals surface area contributed by atoms with Crippen LogP contribution in [0.2, 0.25) is 0 Å². The van der Waals surface area contributed by atoms with E-state index in [1.54, 1.807) is 30.0 Å². The van der Waals surface area contributed by atoms with Crippen molar-refractivity contribution in [2.75, 3.05) is 31.1 Å². The van der Waals surface area contributed by atoms with Gasteiger partial charge < -0.3 is 14.9 Å². The third kappa shape index (κ3) is 3.25. The average molecular weight is 324 g/mol. The molecular weight excluding hydrogens is 304 g/mol. The minimum atomic E-state index is -0.139. The first-order valence-electron chi connectivity index (χ1n) is 7.99. The second-order valence-electron chi connectivity index (χ2n) is 5.90. The quantitative estimate of drug-likeness (QED) is 0.882. The Balaban J connectivity index is 1.64. The fourth-order valence-electron chi connectivity index (χ4n) is 2.90. The number of phenolic OH excluding ortho intramolecular Hbond substituents is 1. The van der Waals surface area contributed by atoms with Crippen LogP contribution < -0.4 is 4.90 Å². The van der Waals surface area contributed by atoms with Gasteiger partial charge in [-0.3, -0.25) is 9.59 Å². The smallest absolute Gasteiger partial charge is 0.257 e. The number of carbonyl (C=O) groups is 2. The maximum absolute atomic E-state index is 12.5. The number of para-hydroxylation sites is 1. The number of hydrogen-bond acceptors (Lipinski definition) is 4. The highest BCUT2D eigenvalue weighted by molar-refractivity contribution is 5.97. The van der Waals surface area contributed by atoms with Gasteiger partial charge in [-0.25, -0.2) is 0 Å². The highest BCUT2D eigenvalue weighted by atomic mass is 16.3. The van der Waals surface area contributed by atoms with Crippen LogP contribution in [0.1, 0.15) is 27.6 Å². The van der Waals surface area contributed by atoms with Crippen LogP contribution in [-0.2, 0) is 0 Å². The molecule has 1 heterocycles. The van der Waals surface area contributed by atoms with E-state index in [1.165, 1.54) is 6.07 Å². The summed E-state index contributed by atoms with van der Waals surface area (Å²) in [6.45, 7) is 4.19. The molecule has 1 aliphatic rings. The largest absolute Gasteiger partial charge is 0.507 e. The van der Waals surface area contributed by atoms with Crippen LogP contribution in [0.15, 0.2) is 48.5 Å². The molecule has 0 saturated carbocycles. The standard InChI is InChI=1S/C19H20N2O3/c1-14(22)15-6-8-16(9-7-15)20-10-12-21(13-11-20)19(24)17-4-2-3-5-18(17)23/h2-9,23H,10-13H2,1H3. The molecular formula is C19H20N2O3. The molecule has 2 aromatic carbocycles. The summed E-state index contributed by atoms with van der Waals surface area (Å²) in [6.07, 6.45) is 0. The van der Waals surface area contributed by atoms with E-state index < -0.39 is 0 Å². The predicted octanol–water partition coefficient (Wildman–Crippen LogP) is 2.56. The van der Waals surface area contributed by atoms with Gasteiger partial charge in [0.2, 0.25) is 0 Å². The number of ketones is 1. The third-order valence-corrected chi connectivity index (χ3v) is 4.34. The molecule has 0 bridgehead atoms. The fourth-order valence-corrected chi connectivity index (χ4v) is 2.90. The molecule has 0 aromatic heterocycles. The summed E-state index contributed by atoms with van der Waals surface area (Å²) < 4.78 is 0. The summed E-state index contributed by atoms with van der Waals surface area (Å²) in [5, 5.41) is 9.83. The number of rotatable bonds is 3. The topological polar surface area (TPSA) is 60.9 Å². The average Bonchev–Trinajstić information content (AvgIpc) is 2.62. The van der Waals surface area contributed by atoms with Gasteiger partial charge in [0.25, 0.3) is 5.91 Å². The molecule has 1 amide bonds. The highest BCUT2D eigenvalue weighted by Gasteiger charge is 2.23. The number of carbonyl (C=O) groups excluding carboxylic acids is 2. The number of Topliss-reactive ketones (excluding diaryl/α,β-unsaturated/α-hetero) is 1. The van der Waals surface area contributed by atoms with E-state index in [0.29, 0.717) is 24.2 Å². The van der Waals surface area contributed by atoms with E-state index in [1.807, 2.05) is 24.3 Å². The van der Waals surface area contributed by atoms with E-state index in [4.69, 9.17) is 0 Å². The Hall–Kier alpha value is -2.82. The summed E-state index contributed by atoms with van der Waals surface area (Å²) >= 11 is 0. The number of piperazine rings is 1. The van der Waals surface area contributed by atoms with Crippen LogP contribution in [0.3, 0.4) is 0 Å². The maximum atomic E-state index is 12.5. The van der Waals surface area contributed by atoms with E-state index in [-0.39, 0.29) is 17.4 Å². The normalized spacial score (nSPS) is 14.5. The zero-order valence-electron chi connectivity index (χ0n) is 13.6. The van der Waals surface area contributed by atoms with Crippen molar-refractivity contribution in [1.82, 2.24) is 4.90 Å². The van der Waals surface area contributed by atoms with E-state index in [2.05, 4.69) is 4.90 Å². The van der Waals surface area contributed by atoms with Crippen LogP contribution in [-0.4, -0.2) is 47.9 Å². The monoisotopic (exact) mass is 324 g/mol. The van der Waals surface area contributed by atoms with Crippen molar-refractivity contribution in [2.24, 2.45) is 0 Å². The first-order chi connectivity index (χ1) is 11.6. The number of phenols is 1. The molecule has 0 radical (unpaired) electrons. The van der Waals surface area contributed by atoms with Gasteiger partial charge in [-0.05, 0) is 43.3 Å². The fraction of sp³-hybridized carbons (Fsp3) is 0.263. The zero-order chi connectivity index (χ0) is 17.1. The van der Waals surface area contributed by atoms with Crippen molar-refractivity contribution in [3.8, 4) is 5.75 Å². The lowest BCUT2D eigenvalue weighted by atomic mass is 10.1. The molecule has 124 valence electrons. The van der Waals surface area contributed by atoms with Crippen LogP contribution in [0.25, 0.3) is 0 Å². The zero-order valence-corrected chi connectivity index (χ0v) is 13.6. The predicted molar refractivity (Wildman–Crippen MR) is 92.7 cm³/mol. The van der Waals surface area contributed by atoms with Gasteiger partial charge in [0.05, 0.1) is 5.56 Å². The van der Waals surface area contributed by atoms with E-state index >= 15 is 0 Å². The molecule has 24 heavy (non-hydrogen) atoms. The van der Waals surface area contributed by atoms with Crippen molar-refractivity contribution in [2.45, 2.75) is 6.92 Å². The lowest BCUT2D eigenvalue weighted by Crippen LogP contribution is -2.48. The van der Waals surface area contributed by atoms with Crippen molar-refractivity contribution < 1.29 is 14.7 Å². The number of nitrogens with zero attached hydrogens (tertiary/aromatic N) is 2. The third-order valence-electron chi connectivity index (χ3n) is 4.34. The lowest BCUT2D eigenvalue weighted by molar-refractivity contribution is 0.0743. The molecule has 5 heteroatoms. The minimum absolute atomic E-state index is 0.0183. The Morgan fingerprint density at radius 1 is 0.917 bits per heavy atom. The molecule has 0 unspecified atom stereocenters. The van der Waals surface area contributed by atoms with Gasteiger partial charge in [-0.1, -0.05) is 12.1 Å². The summed E-state index contributed by atoms with van der Waals surface area (Å²) in [5.41, 5.74) is 2.10. The molecule has 1 N–H and O–H groups in total. The molecule has 5 nitrogen and oxygen atoms in total. The van der Waals surface area contributed by atoms with E-state index in [0.717, 1.165) is 18.8 Å². The van der Waals surface area contributed by atoms with Gasteiger partial charge in [-0.2, -0.15) is 0 Å². The maximum Gasteiger partial charge on any atom is 0.257 e. The van der Waals surface area contributed by atoms with Crippen LogP contribution >= 0.6 is 0 Å². The van der Waals surface area contributed by atoms with Gasteiger partial charge in [0.15, 0.2) is 5.78 Å². The summed E-state index contributed by atoms with van der Waals surface area (Å²) in [5.74, 6) is -0.0657. The number of aromatic hydroxyl groups is 1. The lowest BCUT2D eigenvalue weighted by Gasteiger charge is -2.36. The minimum Gasteiger partial charge on any atom is -0.507 e. The number of anilines is 1. The SMILES string of the molecule is CC(=O)c1ccc(N2CCN(C(=O)c3ccccc3O)CC2)cc1. The van der Waals surface area contributed by atoms with Crippen molar-refractivity contribution >= 4 is 17.4 Å². The Morgan fingerprint density at radius 3 is 2.12 bits per heavy atom. The summed E-state index contributed by atoms with van der Waals surface area (Å²) in [7, 11) is 0. The molecule has 1 saturated heterocycles. The first-order valence-corrected chi connectivity index (χ1v) is 7.99. The Bertz CT molecular complexity index is 747. The van der Waals surface area contributed by atoms with Crippen molar-refractivity contribution in [3.63, 3.8) is 0 Å². The second-order valence-corrected chi connectivity index (χ2v) is 5.90. The molecule has 1 aliphatic heterocycles. The Morgan fingerprint density at radius 2 is 1.54 bits per heavy atom. The first kappa shape index (κ1) is 16.1. The molecule has 0 aliphatic carbocycles. The van der Waals surface area contributed by atoms with Gasteiger partial charge in [0.1, 0.15) is 5.75 Å². The van der Waals surface area contributed by atoms with Gasteiger partial charge in [0, 0.05) is 37.4 Å². The van der Waals surface area contributed by atoms with Crippen LogP contribution in [0.5, 0.6) is 5.75 Å².